The Bertz CT molecular complexity index is 415. The normalized spacial score (nSPS) is 25.1. The molecule has 1 saturated heterocycles. The topological polar surface area (TPSA) is 20.3 Å². The Labute approximate surface area is 108 Å². The van der Waals surface area contributed by atoms with E-state index in [1.165, 1.54) is 12.1 Å². The average Bonchev–Trinajstić information content (AvgIpc) is 2.34. The second kappa shape index (κ2) is 5.61. The molecule has 2 nitrogen and oxygen atoms in total. The van der Waals surface area contributed by atoms with Crippen LogP contribution in [0.1, 0.15) is 30.6 Å². The fourth-order valence-corrected chi connectivity index (χ4v) is 2.42. The number of likely N-dealkylation sites (tertiary alicyclic amines) is 1. The molecule has 0 aromatic heterocycles. The van der Waals surface area contributed by atoms with Crippen LogP contribution < -0.4 is 0 Å². The minimum atomic E-state index is -0.299. The maximum absolute atomic E-state index is 12.8. The van der Waals surface area contributed by atoms with E-state index in [1.54, 1.807) is 12.1 Å². The Kier molecular flexibility index (Phi) is 4.12. The Morgan fingerprint density at radius 1 is 1.28 bits per heavy atom. The van der Waals surface area contributed by atoms with E-state index >= 15 is 0 Å². The Morgan fingerprint density at radius 3 is 2.56 bits per heavy atom. The fourth-order valence-electron chi connectivity index (χ4n) is 2.42. The molecular weight excluding hydrogens is 229 g/mol. The molecule has 1 aliphatic rings. The average molecular weight is 249 g/mol. The van der Waals surface area contributed by atoms with E-state index in [1.807, 2.05) is 0 Å². The maximum Gasteiger partial charge on any atom is 0.176 e. The fraction of sp³-hybridized carbons (Fsp3) is 0.533. The summed E-state index contributed by atoms with van der Waals surface area (Å²) in [7, 11) is 0. The zero-order valence-corrected chi connectivity index (χ0v) is 11.0. The number of benzene rings is 1. The number of carbonyl (C=O) groups is 1. The highest BCUT2D eigenvalue weighted by molar-refractivity contribution is 5.97. The van der Waals surface area contributed by atoms with Crippen LogP contribution in [0.2, 0.25) is 0 Å². The van der Waals surface area contributed by atoms with E-state index in [-0.39, 0.29) is 11.6 Å². The molecule has 0 saturated carbocycles. The van der Waals surface area contributed by atoms with Crippen molar-refractivity contribution in [1.82, 2.24) is 4.90 Å². The SMILES string of the molecule is CC1CCN(CC(=O)c2ccc(F)cc2)CC1C. The van der Waals surface area contributed by atoms with E-state index in [2.05, 4.69) is 18.7 Å². The first-order valence-corrected chi connectivity index (χ1v) is 6.57. The lowest BCUT2D eigenvalue weighted by molar-refractivity contribution is 0.0849. The van der Waals surface area contributed by atoms with Gasteiger partial charge in [-0.1, -0.05) is 13.8 Å². The van der Waals surface area contributed by atoms with Gasteiger partial charge in [-0.05, 0) is 49.1 Å². The van der Waals surface area contributed by atoms with E-state index in [4.69, 9.17) is 0 Å². The smallest absolute Gasteiger partial charge is 0.176 e. The van der Waals surface area contributed by atoms with Crippen molar-refractivity contribution < 1.29 is 9.18 Å². The Hall–Kier alpha value is -1.22. The van der Waals surface area contributed by atoms with Gasteiger partial charge in [-0.25, -0.2) is 4.39 Å². The number of halogens is 1. The van der Waals surface area contributed by atoms with Gasteiger partial charge >= 0.3 is 0 Å². The first-order valence-electron chi connectivity index (χ1n) is 6.57. The summed E-state index contributed by atoms with van der Waals surface area (Å²) in [4.78, 5) is 14.3. The van der Waals surface area contributed by atoms with Crippen LogP contribution in [0.3, 0.4) is 0 Å². The Morgan fingerprint density at radius 2 is 1.94 bits per heavy atom. The van der Waals surface area contributed by atoms with Crippen LogP contribution in [0.15, 0.2) is 24.3 Å². The van der Waals surface area contributed by atoms with Gasteiger partial charge < -0.3 is 0 Å². The summed E-state index contributed by atoms with van der Waals surface area (Å²) in [5, 5.41) is 0. The molecule has 2 rings (SSSR count). The lowest BCUT2D eigenvalue weighted by atomic mass is 9.88. The van der Waals surface area contributed by atoms with Gasteiger partial charge in [0, 0.05) is 12.1 Å². The van der Waals surface area contributed by atoms with Crippen molar-refractivity contribution >= 4 is 5.78 Å². The van der Waals surface area contributed by atoms with Crippen LogP contribution in [0.4, 0.5) is 4.39 Å². The van der Waals surface area contributed by atoms with Crippen LogP contribution in [0.25, 0.3) is 0 Å². The highest BCUT2D eigenvalue weighted by Gasteiger charge is 2.24. The molecule has 0 bridgehead atoms. The van der Waals surface area contributed by atoms with Gasteiger partial charge in [0.05, 0.1) is 6.54 Å². The maximum atomic E-state index is 12.8. The number of carbonyl (C=O) groups excluding carboxylic acids is 1. The Balaban J connectivity index is 1.93. The predicted molar refractivity (Wildman–Crippen MR) is 70.1 cm³/mol. The van der Waals surface area contributed by atoms with Crippen molar-refractivity contribution in [3.8, 4) is 0 Å². The molecule has 2 atom stereocenters. The number of hydrogen-bond acceptors (Lipinski definition) is 2. The van der Waals surface area contributed by atoms with Crippen LogP contribution in [0.5, 0.6) is 0 Å². The van der Waals surface area contributed by atoms with Crippen LogP contribution >= 0.6 is 0 Å². The summed E-state index contributed by atoms with van der Waals surface area (Å²) in [6.07, 6.45) is 1.15. The number of nitrogens with zero attached hydrogens (tertiary/aromatic N) is 1. The minimum Gasteiger partial charge on any atom is -0.296 e. The summed E-state index contributed by atoms with van der Waals surface area (Å²) >= 11 is 0. The van der Waals surface area contributed by atoms with Gasteiger partial charge in [-0.15, -0.1) is 0 Å². The molecule has 1 heterocycles. The molecule has 0 aliphatic carbocycles. The first-order chi connectivity index (χ1) is 8.56. The molecule has 18 heavy (non-hydrogen) atoms. The van der Waals surface area contributed by atoms with Gasteiger partial charge in [-0.3, -0.25) is 9.69 Å². The predicted octanol–water partition coefficient (Wildman–Crippen LogP) is 2.99. The van der Waals surface area contributed by atoms with Gasteiger partial charge in [-0.2, -0.15) is 0 Å². The largest absolute Gasteiger partial charge is 0.296 e. The first kappa shape index (κ1) is 13.2. The summed E-state index contributed by atoms with van der Waals surface area (Å²) in [5.41, 5.74) is 0.600. The molecule has 1 aromatic rings. The second-order valence-electron chi connectivity index (χ2n) is 5.41. The number of Topliss-reactive ketones (excluding diaryl/α,β-unsaturated/α-hetero) is 1. The van der Waals surface area contributed by atoms with Crippen LogP contribution in [-0.4, -0.2) is 30.3 Å². The highest BCUT2D eigenvalue weighted by Crippen LogP contribution is 2.22. The standard InChI is InChI=1S/C15H20FNO/c1-11-7-8-17(9-12(11)2)10-15(18)13-3-5-14(16)6-4-13/h3-6,11-12H,7-10H2,1-2H3. The van der Waals surface area contributed by atoms with Crippen molar-refractivity contribution in [2.24, 2.45) is 11.8 Å². The van der Waals surface area contributed by atoms with Gasteiger partial charge in [0.15, 0.2) is 5.78 Å². The van der Waals surface area contributed by atoms with E-state index in [0.29, 0.717) is 18.0 Å². The van der Waals surface area contributed by atoms with Crippen LogP contribution in [0, 0.1) is 17.7 Å². The van der Waals surface area contributed by atoms with Gasteiger partial charge in [0.25, 0.3) is 0 Å². The van der Waals surface area contributed by atoms with E-state index < -0.39 is 0 Å². The summed E-state index contributed by atoms with van der Waals surface area (Å²) in [6.45, 7) is 6.91. The third kappa shape index (κ3) is 3.16. The summed E-state index contributed by atoms with van der Waals surface area (Å²) in [6, 6.07) is 5.81. The van der Waals surface area contributed by atoms with Crippen LogP contribution in [-0.2, 0) is 0 Å². The summed E-state index contributed by atoms with van der Waals surface area (Å²) in [5.74, 6) is 1.16. The molecule has 1 fully saturated rings. The molecule has 0 radical (unpaired) electrons. The van der Waals surface area contributed by atoms with Crippen molar-refractivity contribution in [3.05, 3.63) is 35.6 Å². The molecule has 0 amide bonds. The number of ketones is 1. The number of hydrogen-bond donors (Lipinski definition) is 0. The highest BCUT2D eigenvalue weighted by atomic mass is 19.1. The quantitative estimate of drug-likeness (QED) is 0.768. The molecular formula is C15H20FNO. The third-order valence-electron chi connectivity index (χ3n) is 3.95. The third-order valence-corrected chi connectivity index (χ3v) is 3.95. The molecule has 1 aromatic carbocycles. The molecule has 2 unspecified atom stereocenters. The van der Waals surface area contributed by atoms with Crippen molar-refractivity contribution in [1.29, 1.82) is 0 Å². The van der Waals surface area contributed by atoms with Crippen molar-refractivity contribution in [2.75, 3.05) is 19.6 Å². The lowest BCUT2D eigenvalue weighted by Gasteiger charge is -2.34. The lowest BCUT2D eigenvalue weighted by Crippen LogP contribution is -2.41. The molecule has 0 spiro atoms. The number of rotatable bonds is 3. The monoisotopic (exact) mass is 249 g/mol. The van der Waals surface area contributed by atoms with Crippen molar-refractivity contribution in [2.45, 2.75) is 20.3 Å². The minimum absolute atomic E-state index is 0.0803. The molecule has 3 heteroatoms. The zero-order chi connectivity index (χ0) is 13.1. The zero-order valence-electron chi connectivity index (χ0n) is 11.0. The second-order valence-corrected chi connectivity index (χ2v) is 5.41. The van der Waals surface area contributed by atoms with Gasteiger partial charge in [0.2, 0.25) is 0 Å². The molecule has 98 valence electrons. The number of piperidine rings is 1. The molecule has 0 N–H and O–H groups in total. The summed E-state index contributed by atoms with van der Waals surface area (Å²) < 4.78 is 12.8. The van der Waals surface area contributed by atoms with E-state index in [9.17, 15) is 9.18 Å². The molecule has 1 aliphatic heterocycles. The van der Waals surface area contributed by atoms with Crippen molar-refractivity contribution in [3.63, 3.8) is 0 Å². The van der Waals surface area contributed by atoms with E-state index in [0.717, 1.165) is 25.4 Å². The van der Waals surface area contributed by atoms with Gasteiger partial charge in [0.1, 0.15) is 5.82 Å².